The molecule has 1 aromatic carbocycles. The molecule has 0 unspecified atom stereocenters. The first kappa shape index (κ1) is 14.1. The Bertz CT molecular complexity index is 536. The molecule has 0 amide bonds. The lowest BCUT2D eigenvalue weighted by molar-refractivity contribution is 0.145. The third-order valence-electron chi connectivity index (χ3n) is 2.98. The minimum absolute atomic E-state index is 0.384. The highest BCUT2D eigenvalue weighted by atomic mass is 32.2. The van der Waals surface area contributed by atoms with Crippen molar-refractivity contribution < 1.29 is 5.11 Å². The van der Waals surface area contributed by atoms with Crippen molar-refractivity contribution in [3.8, 4) is 11.4 Å². The maximum atomic E-state index is 9.78. The summed E-state index contributed by atoms with van der Waals surface area (Å²) in [6.45, 7) is 4.31. The van der Waals surface area contributed by atoms with E-state index in [2.05, 4.69) is 28.5 Å². The molecular formula is C14H19N3OS. The fourth-order valence-electron chi connectivity index (χ4n) is 1.87. The molecule has 0 bridgehead atoms. The molecule has 2 aromatic rings. The predicted octanol–water partition coefficient (Wildman–Crippen LogP) is 2.75. The van der Waals surface area contributed by atoms with Crippen LogP contribution >= 0.6 is 11.8 Å². The second-order valence-corrected chi connectivity index (χ2v) is 5.33. The van der Waals surface area contributed by atoms with E-state index < -0.39 is 0 Å². The molecule has 0 saturated carbocycles. The number of nitrogens with zero attached hydrogens (tertiary/aromatic N) is 3. The monoisotopic (exact) mass is 277 g/mol. The molecule has 102 valence electrons. The van der Waals surface area contributed by atoms with Gasteiger partial charge in [0.25, 0.3) is 0 Å². The number of aromatic nitrogens is 3. The SMILES string of the molecule is CC[C@@H](O)Cn1nc(C)nc1-c1ccc(SC)cc1. The highest BCUT2D eigenvalue weighted by molar-refractivity contribution is 7.98. The maximum Gasteiger partial charge on any atom is 0.158 e. The van der Waals surface area contributed by atoms with Gasteiger partial charge in [0.1, 0.15) is 5.82 Å². The van der Waals surface area contributed by atoms with E-state index in [0.717, 1.165) is 17.2 Å². The number of thioether (sulfide) groups is 1. The van der Waals surface area contributed by atoms with Crippen LogP contribution in [0.3, 0.4) is 0 Å². The molecule has 0 radical (unpaired) electrons. The fraction of sp³-hybridized carbons (Fsp3) is 0.429. The lowest BCUT2D eigenvalue weighted by atomic mass is 10.2. The molecule has 1 atom stereocenters. The van der Waals surface area contributed by atoms with E-state index in [1.807, 2.05) is 26.0 Å². The van der Waals surface area contributed by atoms with Gasteiger partial charge >= 0.3 is 0 Å². The van der Waals surface area contributed by atoms with Gasteiger partial charge in [0, 0.05) is 10.5 Å². The van der Waals surface area contributed by atoms with Crippen LogP contribution in [0.15, 0.2) is 29.2 Å². The summed E-state index contributed by atoms with van der Waals surface area (Å²) in [4.78, 5) is 5.68. The van der Waals surface area contributed by atoms with Crippen molar-refractivity contribution in [3.63, 3.8) is 0 Å². The molecule has 5 heteroatoms. The molecular weight excluding hydrogens is 258 g/mol. The first-order chi connectivity index (χ1) is 9.13. The van der Waals surface area contributed by atoms with E-state index in [-0.39, 0.29) is 6.10 Å². The number of aryl methyl sites for hydroxylation is 1. The summed E-state index contributed by atoms with van der Waals surface area (Å²) < 4.78 is 1.79. The number of aliphatic hydroxyl groups excluding tert-OH is 1. The van der Waals surface area contributed by atoms with E-state index in [9.17, 15) is 5.11 Å². The summed E-state index contributed by atoms with van der Waals surface area (Å²) in [5.41, 5.74) is 1.03. The Morgan fingerprint density at radius 1 is 1.32 bits per heavy atom. The Balaban J connectivity index is 2.32. The molecule has 0 aliphatic heterocycles. The number of aliphatic hydroxyl groups is 1. The third-order valence-corrected chi connectivity index (χ3v) is 3.72. The van der Waals surface area contributed by atoms with Crippen molar-refractivity contribution in [3.05, 3.63) is 30.1 Å². The van der Waals surface area contributed by atoms with Crippen LogP contribution in [0.2, 0.25) is 0 Å². The third kappa shape index (κ3) is 3.36. The zero-order valence-corrected chi connectivity index (χ0v) is 12.3. The number of hydrogen-bond donors (Lipinski definition) is 1. The van der Waals surface area contributed by atoms with Crippen molar-refractivity contribution in [1.29, 1.82) is 0 Å². The summed E-state index contributed by atoms with van der Waals surface area (Å²) in [6.07, 6.45) is 2.38. The zero-order chi connectivity index (χ0) is 13.8. The van der Waals surface area contributed by atoms with Crippen LogP contribution in [0.1, 0.15) is 19.2 Å². The van der Waals surface area contributed by atoms with Gasteiger partial charge in [-0.25, -0.2) is 9.67 Å². The first-order valence-corrected chi connectivity index (χ1v) is 7.60. The largest absolute Gasteiger partial charge is 0.391 e. The summed E-state index contributed by atoms with van der Waals surface area (Å²) in [5, 5.41) is 14.1. The Labute approximate surface area is 117 Å². The molecule has 0 fully saturated rings. The molecule has 1 aromatic heterocycles. The van der Waals surface area contributed by atoms with Gasteiger partial charge in [0.2, 0.25) is 0 Å². The van der Waals surface area contributed by atoms with Gasteiger partial charge in [-0.3, -0.25) is 0 Å². The van der Waals surface area contributed by atoms with Crippen molar-refractivity contribution in [2.45, 2.75) is 37.8 Å². The topological polar surface area (TPSA) is 50.9 Å². The normalized spacial score (nSPS) is 12.6. The van der Waals surface area contributed by atoms with Gasteiger partial charge < -0.3 is 5.11 Å². The van der Waals surface area contributed by atoms with Crippen molar-refractivity contribution >= 4 is 11.8 Å². The van der Waals surface area contributed by atoms with Gasteiger partial charge in [0.15, 0.2) is 5.82 Å². The Morgan fingerprint density at radius 2 is 2.00 bits per heavy atom. The molecule has 4 nitrogen and oxygen atoms in total. The molecule has 1 N–H and O–H groups in total. The standard InChI is InChI=1S/C14H19N3OS/c1-4-12(18)9-17-14(15-10(2)16-17)11-5-7-13(19-3)8-6-11/h5-8,12,18H,4,9H2,1-3H3/t12-/m1/s1. The van der Waals surface area contributed by atoms with E-state index in [0.29, 0.717) is 13.0 Å². The summed E-state index contributed by atoms with van der Waals surface area (Å²) >= 11 is 1.71. The highest BCUT2D eigenvalue weighted by Crippen LogP contribution is 2.22. The lowest BCUT2D eigenvalue weighted by Gasteiger charge is -2.10. The lowest BCUT2D eigenvalue weighted by Crippen LogP contribution is -2.16. The summed E-state index contributed by atoms with van der Waals surface area (Å²) in [7, 11) is 0. The smallest absolute Gasteiger partial charge is 0.158 e. The minimum atomic E-state index is -0.384. The zero-order valence-electron chi connectivity index (χ0n) is 11.5. The van der Waals surface area contributed by atoms with Gasteiger partial charge in [-0.1, -0.05) is 19.1 Å². The Kier molecular flexibility index (Phi) is 4.61. The maximum absolute atomic E-state index is 9.78. The molecule has 0 saturated heterocycles. The highest BCUT2D eigenvalue weighted by Gasteiger charge is 2.12. The van der Waals surface area contributed by atoms with Crippen molar-refractivity contribution in [2.75, 3.05) is 6.26 Å². The fourth-order valence-corrected chi connectivity index (χ4v) is 2.27. The Hall–Kier alpha value is -1.33. The Morgan fingerprint density at radius 3 is 2.58 bits per heavy atom. The molecule has 1 heterocycles. The van der Waals surface area contributed by atoms with Crippen LogP contribution in [0.4, 0.5) is 0 Å². The van der Waals surface area contributed by atoms with Crippen LogP contribution in [0.25, 0.3) is 11.4 Å². The molecule has 0 aliphatic rings. The van der Waals surface area contributed by atoms with E-state index in [4.69, 9.17) is 0 Å². The number of hydrogen-bond acceptors (Lipinski definition) is 4. The van der Waals surface area contributed by atoms with Crippen molar-refractivity contribution in [2.24, 2.45) is 0 Å². The summed E-state index contributed by atoms with van der Waals surface area (Å²) in [5.74, 6) is 1.55. The molecule has 0 spiro atoms. The van der Waals surface area contributed by atoms with Gasteiger partial charge in [0.05, 0.1) is 12.6 Å². The number of rotatable bonds is 5. The van der Waals surface area contributed by atoms with Crippen LogP contribution in [0, 0.1) is 6.92 Å². The van der Waals surface area contributed by atoms with E-state index in [1.54, 1.807) is 16.4 Å². The molecule has 19 heavy (non-hydrogen) atoms. The number of benzene rings is 1. The van der Waals surface area contributed by atoms with Gasteiger partial charge in [-0.05, 0) is 31.7 Å². The summed E-state index contributed by atoms with van der Waals surface area (Å²) in [6, 6.07) is 8.24. The van der Waals surface area contributed by atoms with Crippen LogP contribution in [-0.2, 0) is 6.54 Å². The average molecular weight is 277 g/mol. The minimum Gasteiger partial charge on any atom is -0.391 e. The second-order valence-electron chi connectivity index (χ2n) is 4.46. The van der Waals surface area contributed by atoms with Gasteiger partial charge in [-0.2, -0.15) is 5.10 Å². The molecule has 2 rings (SSSR count). The molecule has 0 aliphatic carbocycles. The van der Waals surface area contributed by atoms with E-state index >= 15 is 0 Å². The van der Waals surface area contributed by atoms with Crippen LogP contribution < -0.4 is 0 Å². The van der Waals surface area contributed by atoms with Crippen LogP contribution in [-0.4, -0.2) is 32.2 Å². The van der Waals surface area contributed by atoms with Crippen molar-refractivity contribution in [1.82, 2.24) is 14.8 Å². The van der Waals surface area contributed by atoms with Crippen LogP contribution in [0.5, 0.6) is 0 Å². The quantitative estimate of drug-likeness (QED) is 0.854. The van der Waals surface area contributed by atoms with Gasteiger partial charge in [-0.15, -0.1) is 11.8 Å². The average Bonchev–Trinajstić information content (AvgIpc) is 2.79. The second kappa shape index (κ2) is 6.21. The first-order valence-electron chi connectivity index (χ1n) is 6.38. The predicted molar refractivity (Wildman–Crippen MR) is 78.3 cm³/mol. The van der Waals surface area contributed by atoms with E-state index in [1.165, 1.54) is 4.90 Å².